The summed E-state index contributed by atoms with van der Waals surface area (Å²) in [6.45, 7) is 0.477. The molecule has 2 aromatic heterocycles. The van der Waals surface area contributed by atoms with Gasteiger partial charge < -0.3 is 15.6 Å². The number of nitrogens with one attached hydrogen (secondary N) is 3. The molecule has 0 saturated heterocycles. The van der Waals surface area contributed by atoms with Gasteiger partial charge in [-0.25, -0.2) is 4.68 Å². The molecule has 29 heavy (non-hydrogen) atoms. The molecule has 4 aromatic rings. The van der Waals surface area contributed by atoms with Gasteiger partial charge >= 0.3 is 0 Å². The number of carbonyl (C=O) groups excluding carboxylic acids is 2. The third-order valence-corrected chi connectivity index (χ3v) is 4.94. The van der Waals surface area contributed by atoms with E-state index in [9.17, 15) is 9.59 Å². The summed E-state index contributed by atoms with van der Waals surface area (Å²) in [5, 5.41) is 10.7. The largest absolute Gasteiger partial charge is 0.354 e. The number of halogens is 1. The average Bonchev–Trinajstić information content (AvgIpc) is 3.31. The Morgan fingerprint density at radius 3 is 2.66 bits per heavy atom. The van der Waals surface area contributed by atoms with Gasteiger partial charge in [-0.15, -0.1) is 0 Å². The second-order valence-corrected chi connectivity index (χ2v) is 6.87. The standard InChI is InChI=1S/C21H18ClN5O2/c1-23-21(29)18-10-14-9-15(7-8-17(14)26-18)25-20(28)16-11-24-27(19(16)22)12-13-5-3-2-4-6-13/h2-11,26H,12H2,1H3,(H,23,29)(H,25,28). The Kier molecular flexibility index (Phi) is 5.05. The summed E-state index contributed by atoms with van der Waals surface area (Å²) in [5.41, 5.74) is 3.18. The third-order valence-electron chi connectivity index (χ3n) is 4.55. The van der Waals surface area contributed by atoms with Crippen LogP contribution in [0, 0.1) is 0 Å². The number of nitrogens with zero attached hydrogens (tertiary/aromatic N) is 2. The van der Waals surface area contributed by atoms with Crippen LogP contribution in [0.3, 0.4) is 0 Å². The molecule has 0 aliphatic carbocycles. The molecular formula is C21H18ClN5O2. The second-order valence-electron chi connectivity index (χ2n) is 6.51. The lowest BCUT2D eigenvalue weighted by Gasteiger charge is -2.06. The first kappa shape index (κ1) is 18.8. The number of carbonyl (C=O) groups is 2. The van der Waals surface area contributed by atoms with E-state index >= 15 is 0 Å². The van der Waals surface area contributed by atoms with Crippen molar-refractivity contribution in [3.8, 4) is 0 Å². The Morgan fingerprint density at radius 1 is 1.10 bits per heavy atom. The molecule has 8 heteroatoms. The van der Waals surface area contributed by atoms with Gasteiger partial charge in [-0.3, -0.25) is 9.59 Å². The summed E-state index contributed by atoms with van der Waals surface area (Å²) < 4.78 is 1.58. The second kappa shape index (κ2) is 7.81. The molecule has 0 radical (unpaired) electrons. The van der Waals surface area contributed by atoms with Crippen molar-refractivity contribution in [1.82, 2.24) is 20.1 Å². The normalized spacial score (nSPS) is 10.8. The van der Waals surface area contributed by atoms with Gasteiger partial charge in [0.05, 0.1) is 18.3 Å². The molecule has 7 nitrogen and oxygen atoms in total. The topological polar surface area (TPSA) is 91.8 Å². The van der Waals surface area contributed by atoms with Crippen molar-refractivity contribution >= 4 is 40.0 Å². The van der Waals surface area contributed by atoms with E-state index in [1.54, 1.807) is 36.0 Å². The van der Waals surface area contributed by atoms with Crippen LogP contribution in [-0.4, -0.2) is 33.6 Å². The monoisotopic (exact) mass is 407 g/mol. The molecule has 0 spiro atoms. The van der Waals surface area contributed by atoms with E-state index in [2.05, 4.69) is 20.7 Å². The van der Waals surface area contributed by atoms with Crippen LogP contribution in [0.2, 0.25) is 5.15 Å². The van der Waals surface area contributed by atoms with Crippen molar-refractivity contribution in [3.63, 3.8) is 0 Å². The van der Waals surface area contributed by atoms with Gasteiger partial charge in [0.25, 0.3) is 11.8 Å². The lowest BCUT2D eigenvalue weighted by atomic mass is 10.2. The summed E-state index contributed by atoms with van der Waals surface area (Å²) in [6.07, 6.45) is 1.46. The van der Waals surface area contributed by atoms with E-state index in [1.165, 1.54) is 6.20 Å². The van der Waals surface area contributed by atoms with Crippen molar-refractivity contribution in [3.05, 3.63) is 82.8 Å². The van der Waals surface area contributed by atoms with Crippen LogP contribution in [0.5, 0.6) is 0 Å². The number of hydrogen-bond acceptors (Lipinski definition) is 3. The molecule has 0 aliphatic rings. The SMILES string of the molecule is CNC(=O)c1cc2cc(NC(=O)c3cnn(Cc4ccccc4)c3Cl)ccc2[nH]1. The summed E-state index contributed by atoms with van der Waals surface area (Å²) in [4.78, 5) is 27.5. The molecule has 2 heterocycles. The molecule has 0 bridgehead atoms. The van der Waals surface area contributed by atoms with E-state index in [-0.39, 0.29) is 17.0 Å². The minimum Gasteiger partial charge on any atom is -0.354 e. The van der Waals surface area contributed by atoms with Crippen molar-refractivity contribution in [2.24, 2.45) is 0 Å². The third kappa shape index (κ3) is 3.86. The van der Waals surface area contributed by atoms with Crippen molar-refractivity contribution < 1.29 is 9.59 Å². The van der Waals surface area contributed by atoms with E-state index in [0.717, 1.165) is 16.5 Å². The number of aromatic nitrogens is 3. The highest BCUT2D eigenvalue weighted by molar-refractivity contribution is 6.33. The van der Waals surface area contributed by atoms with Crippen LogP contribution in [0.15, 0.2) is 60.8 Å². The van der Waals surface area contributed by atoms with Crippen molar-refractivity contribution in [2.75, 3.05) is 12.4 Å². The van der Waals surface area contributed by atoms with Crippen molar-refractivity contribution in [1.29, 1.82) is 0 Å². The lowest BCUT2D eigenvalue weighted by Crippen LogP contribution is -2.17. The molecular weight excluding hydrogens is 390 g/mol. The fourth-order valence-corrected chi connectivity index (χ4v) is 3.29. The maximum absolute atomic E-state index is 12.7. The number of fused-ring (bicyclic) bond motifs is 1. The first-order valence-electron chi connectivity index (χ1n) is 8.96. The quantitative estimate of drug-likeness (QED) is 0.471. The molecule has 0 aliphatic heterocycles. The zero-order valence-electron chi connectivity index (χ0n) is 15.6. The van der Waals surface area contributed by atoms with Crippen LogP contribution in [0.4, 0.5) is 5.69 Å². The summed E-state index contributed by atoms with van der Waals surface area (Å²) >= 11 is 6.37. The van der Waals surface area contributed by atoms with Crippen LogP contribution in [0.25, 0.3) is 10.9 Å². The van der Waals surface area contributed by atoms with E-state index in [1.807, 2.05) is 30.3 Å². The number of anilines is 1. The molecule has 4 rings (SSSR count). The minimum absolute atomic E-state index is 0.204. The fraction of sp³-hybridized carbons (Fsp3) is 0.0952. The summed E-state index contributed by atoms with van der Waals surface area (Å²) in [5.74, 6) is -0.555. The number of amides is 2. The Bertz CT molecular complexity index is 1200. The summed E-state index contributed by atoms with van der Waals surface area (Å²) in [7, 11) is 1.57. The van der Waals surface area contributed by atoms with Gasteiger partial charge in [0.15, 0.2) is 0 Å². The molecule has 0 unspecified atom stereocenters. The molecule has 0 fully saturated rings. The van der Waals surface area contributed by atoms with Gasteiger partial charge in [-0.1, -0.05) is 41.9 Å². The molecule has 146 valence electrons. The predicted octanol–water partition coefficient (Wildman–Crippen LogP) is 3.68. The highest BCUT2D eigenvalue weighted by Crippen LogP contribution is 2.22. The number of rotatable bonds is 5. The fourth-order valence-electron chi connectivity index (χ4n) is 3.06. The number of benzene rings is 2. The van der Waals surface area contributed by atoms with Gasteiger partial charge in [-0.05, 0) is 29.8 Å². The van der Waals surface area contributed by atoms with Gasteiger partial charge in [0.2, 0.25) is 0 Å². The maximum atomic E-state index is 12.7. The minimum atomic E-state index is -0.351. The van der Waals surface area contributed by atoms with Gasteiger partial charge in [0, 0.05) is 23.6 Å². The maximum Gasteiger partial charge on any atom is 0.267 e. The predicted molar refractivity (Wildman–Crippen MR) is 112 cm³/mol. The number of hydrogen-bond donors (Lipinski definition) is 3. The van der Waals surface area contributed by atoms with Crippen LogP contribution in [0.1, 0.15) is 26.4 Å². The molecule has 2 aromatic carbocycles. The molecule has 0 saturated carbocycles. The number of H-pyrrole nitrogens is 1. The Labute approximate surface area is 171 Å². The van der Waals surface area contributed by atoms with Crippen LogP contribution < -0.4 is 10.6 Å². The molecule has 3 N–H and O–H groups in total. The van der Waals surface area contributed by atoms with Crippen LogP contribution >= 0.6 is 11.6 Å². The average molecular weight is 408 g/mol. The molecule has 0 atom stereocenters. The Hall–Kier alpha value is -3.58. The Morgan fingerprint density at radius 2 is 1.90 bits per heavy atom. The van der Waals surface area contributed by atoms with Crippen molar-refractivity contribution in [2.45, 2.75) is 6.54 Å². The highest BCUT2D eigenvalue weighted by Gasteiger charge is 2.17. The first-order valence-corrected chi connectivity index (χ1v) is 9.34. The zero-order valence-corrected chi connectivity index (χ0v) is 16.3. The van der Waals surface area contributed by atoms with E-state index in [0.29, 0.717) is 23.5 Å². The summed E-state index contributed by atoms with van der Waals surface area (Å²) in [6, 6.07) is 16.8. The van der Waals surface area contributed by atoms with Gasteiger partial charge in [-0.2, -0.15) is 5.10 Å². The zero-order chi connectivity index (χ0) is 20.4. The van der Waals surface area contributed by atoms with Gasteiger partial charge in [0.1, 0.15) is 10.8 Å². The first-order chi connectivity index (χ1) is 14.0. The van der Waals surface area contributed by atoms with E-state index in [4.69, 9.17) is 11.6 Å². The lowest BCUT2D eigenvalue weighted by molar-refractivity contribution is 0.0958. The number of aromatic amines is 1. The Balaban J connectivity index is 1.52. The smallest absolute Gasteiger partial charge is 0.267 e. The highest BCUT2D eigenvalue weighted by atomic mass is 35.5. The molecule has 2 amide bonds. The van der Waals surface area contributed by atoms with Crippen LogP contribution in [-0.2, 0) is 6.54 Å². The van der Waals surface area contributed by atoms with E-state index < -0.39 is 0 Å².